The zero-order valence-corrected chi connectivity index (χ0v) is 14.8. The van der Waals surface area contributed by atoms with Crippen molar-refractivity contribution in [2.75, 3.05) is 13.7 Å². The van der Waals surface area contributed by atoms with Crippen LogP contribution in [0.3, 0.4) is 0 Å². The molecule has 0 aliphatic rings. The van der Waals surface area contributed by atoms with E-state index in [4.69, 9.17) is 15.2 Å². The van der Waals surface area contributed by atoms with Crippen LogP contribution in [0, 0.1) is 10.1 Å². The van der Waals surface area contributed by atoms with E-state index in [1.54, 1.807) is 18.2 Å². The molecular formula is C18H17N3O7. The highest BCUT2D eigenvalue weighted by Crippen LogP contribution is 2.21. The second kappa shape index (κ2) is 9.12. The highest BCUT2D eigenvalue weighted by atomic mass is 16.6. The van der Waals surface area contributed by atoms with E-state index < -0.39 is 41.5 Å². The number of hydrogen-bond acceptors (Lipinski definition) is 7. The van der Waals surface area contributed by atoms with Gasteiger partial charge in [-0.05, 0) is 24.3 Å². The fraction of sp³-hybridized carbons (Fsp3) is 0.167. The fourth-order valence-electron chi connectivity index (χ4n) is 2.30. The third-order valence-corrected chi connectivity index (χ3v) is 3.70. The van der Waals surface area contributed by atoms with Crippen LogP contribution in [0.4, 0.5) is 5.69 Å². The number of nitro benzene ring substituents is 1. The maximum absolute atomic E-state index is 12.1. The first-order valence-electron chi connectivity index (χ1n) is 7.97. The van der Waals surface area contributed by atoms with E-state index in [2.05, 4.69) is 5.32 Å². The monoisotopic (exact) mass is 387 g/mol. The van der Waals surface area contributed by atoms with Crippen molar-refractivity contribution in [3.63, 3.8) is 0 Å². The normalized spacial score (nSPS) is 10.0. The molecule has 146 valence electrons. The predicted molar refractivity (Wildman–Crippen MR) is 96.7 cm³/mol. The van der Waals surface area contributed by atoms with Crippen molar-refractivity contribution < 1.29 is 28.8 Å². The number of nitrogens with zero attached hydrogens (tertiary/aromatic N) is 1. The molecule has 0 heterocycles. The quantitative estimate of drug-likeness (QED) is 0.392. The van der Waals surface area contributed by atoms with Gasteiger partial charge in [0.15, 0.2) is 0 Å². The van der Waals surface area contributed by atoms with Gasteiger partial charge in [-0.3, -0.25) is 24.5 Å². The summed E-state index contributed by atoms with van der Waals surface area (Å²) in [5.74, 6) is -1.80. The molecule has 2 amide bonds. The summed E-state index contributed by atoms with van der Waals surface area (Å²) in [5, 5.41) is 13.5. The van der Waals surface area contributed by atoms with Gasteiger partial charge in [0.1, 0.15) is 18.9 Å². The summed E-state index contributed by atoms with van der Waals surface area (Å²) in [6.45, 7) is -0.844. The van der Waals surface area contributed by atoms with Crippen molar-refractivity contribution >= 4 is 23.5 Å². The number of primary amides is 1. The van der Waals surface area contributed by atoms with Crippen LogP contribution in [0.25, 0.3) is 0 Å². The lowest BCUT2D eigenvalue weighted by atomic mass is 10.1. The number of methoxy groups -OCH3 is 1. The molecule has 3 N–H and O–H groups in total. The Hall–Kier alpha value is -3.95. The number of nitrogens with two attached hydrogens (primary N) is 1. The van der Waals surface area contributed by atoms with Crippen molar-refractivity contribution in [3.8, 4) is 5.75 Å². The molecule has 0 aliphatic heterocycles. The van der Waals surface area contributed by atoms with E-state index in [0.29, 0.717) is 5.75 Å². The summed E-state index contributed by atoms with van der Waals surface area (Å²) in [5.41, 5.74) is 4.99. The number of nitrogens with one attached hydrogen (secondary N) is 1. The number of carbonyl (C=O) groups excluding carboxylic acids is 3. The SMILES string of the molecule is COc1ccccc1C(=O)NCC(=O)OCc1ccc(C(N)=O)cc1[N+](=O)[O-]. The third kappa shape index (κ3) is 5.04. The van der Waals surface area contributed by atoms with E-state index in [1.807, 2.05) is 0 Å². The van der Waals surface area contributed by atoms with Crippen molar-refractivity contribution in [2.45, 2.75) is 6.61 Å². The molecule has 0 fully saturated rings. The van der Waals surface area contributed by atoms with Gasteiger partial charge in [-0.1, -0.05) is 12.1 Å². The van der Waals surface area contributed by atoms with Crippen LogP contribution in [0.15, 0.2) is 42.5 Å². The van der Waals surface area contributed by atoms with Crippen molar-refractivity contribution in [3.05, 3.63) is 69.3 Å². The van der Waals surface area contributed by atoms with Crippen LogP contribution in [-0.2, 0) is 16.1 Å². The minimum absolute atomic E-state index is 0.0363. The highest BCUT2D eigenvalue weighted by molar-refractivity contribution is 5.98. The Morgan fingerprint density at radius 2 is 1.89 bits per heavy atom. The van der Waals surface area contributed by atoms with Crippen molar-refractivity contribution in [2.24, 2.45) is 5.73 Å². The molecule has 0 spiro atoms. The molecule has 2 aromatic rings. The van der Waals surface area contributed by atoms with E-state index in [1.165, 1.54) is 25.3 Å². The lowest BCUT2D eigenvalue weighted by molar-refractivity contribution is -0.385. The molecule has 0 atom stereocenters. The molecule has 2 rings (SSSR count). The number of nitro groups is 1. The first kappa shape index (κ1) is 20.4. The molecule has 0 saturated carbocycles. The number of rotatable bonds is 8. The van der Waals surface area contributed by atoms with Gasteiger partial charge in [-0.25, -0.2) is 0 Å². The largest absolute Gasteiger partial charge is 0.496 e. The number of amides is 2. The molecule has 0 aromatic heterocycles. The van der Waals surface area contributed by atoms with E-state index in [9.17, 15) is 24.5 Å². The predicted octanol–water partition coefficient (Wildman–Crippen LogP) is 1.18. The van der Waals surface area contributed by atoms with E-state index in [-0.39, 0.29) is 16.7 Å². The van der Waals surface area contributed by atoms with Crippen LogP contribution in [0.1, 0.15) is 26.3 Å². The second-order valence-electron chi connectivity index (χ2n) is 5.51. The Morgan fingerprint density at radius 1 is 1.18 bits per heavy atom. The van der Waals surface area contributed by atoms with Gasteiger partial charge in [-0.2, -0.15) is 0 Å². The number of benzene rings is 2. The van der Waals surface area contributed by atoms with Crippen LogP contribution in [-0.4, -0.2) is 36.4 Å². The van der Waals surface area contributed by atoms with Crippen molar-refractivity contribution in [1.29, 1.82) is 0 Å². The Morgan fingerprint density at radius 3 is 2.54 bits per heavy atom. The maximum atomic E-state index is 12.1. The molecule has 0 saturated heterocycles. The summed E-state index contributed by atoms with van der Waals surface area (Å²) >= 11 is 0. The molecule has 0 radical (unpaired) electrons. The summed E-state index contributed by atoms with van der Waals surface area (Å²) in [4.78, 5) is 45.5. The molecule has 28 heavy (non-hydrogen) atoms. The summed E-state index contributed by atoms with van der Waals surface area (Å²) < 4.78 is 10.0. The highest BCUT2D eigenvalue weighted by Gasteiger charge is 2.18. The van der Waals surface area contributed by atoms with Crippen LogP contribution in [0.5, 0.6) is 5.75 Å². The van der Waals surface area contributed by atoms with Gasteiger partial charge in [0.25, 0.3) is 11.6 Å². The minimum atomic E-state index is -0.814. The first-order chi connectivity index (χ1) is 13.3. The third-order valence-electron chi connectivity index (χ3n) is 3.70. The van der Waals surface area contributed by atoms with Crippen molar-refractivity contribution in [1.82, 2.24) is 5.32 Å². The van der Waals surface area contributed by atoms with E-state index in [0.717, 1.165) is 6.07 Å². The fourth-order valence-corrected chi connectivity index (χ4v) is 2.30. The Kier molecular flexibility index (Phi) is 6.63. The van der Waals surface area contributed by atoms with Crippen LogP contribution >= 0.6 is 0 Å². The van der Waals surface area contributed by atoms with Crippen LogP contribution in [0.2, 0.25) is 0 Å². The number of esters is 1. The van der Waals surface area contributed by atoms with Gasteiger partial charge in [0.05, 0.1) is 23.2 Å². The zero-order valence-electron chi connectivity index (χ0n) is 14.8. The summed E-state index contributed by atoms with van der Waals surface area (Å²) in [6, 6.07) is 10.0. The van der Waals surface area contributed by atoms with Crippen LogP contribution < -0.4 is 15.8 Å². The number of para-hydroxylation sites is 1. The lowest BCUT2D eigenvalue weighted by Gasteiger charge is -2.09. The number of carbonyl (C=O) groups is 3. The molecule has 10 heteroatoms. The molecule has 0 unspecified atom stereocenters. The lowest BCUT2D eigenvalue weighted by Crippen LogP contribution is -2.30. The van der Waals surface area contributed by atoms with Gasteiger partial charge >= 0.3 is 5.97 Å². The second-order valence-corrected chi connectivity index (χ2v) is 5.51. The molecular weight excluding hydrogens is 370 g/mol. The number of hydrogen-bond donors (Lipinski definition) is 2. The minimum Gasteiger partial charge on any atom is -0.496 e. The number of ether oxygens (including phenoxy) is 2. The Labute approximate surface area is 159 Å². The van der Waals surface area contributed by atoms with Gasteiger partial charge in [0, 0.05) is 11.6 Å². The average Bonchev–Trinajstić information content (AvgIpc) is 2.69. The van der Waals surface area contributed by atoms with Gasteiger partial charge in [-0.15, -0.1) is 0 Å². The molecule has 2 aromatic carbocycles. The summed E-state index contributed by atoms with van der Waals surface area (Å²) in [7, 11) is 1.41. The summed E-state index contributed by atoms with van der Waals surface area (Å²) in [6.07, 6.45) is 0. The average molecular weight is 387 g/mol. The van der Waals surface area contributed by atoms with Gasteiger partial charge < -0.3 is 20.5 Å². The Bertz CT molecular complexity index is 927. The molecule has 10 nitrogen and oxygen atoms in total. The maximum Gasteiger partial charge on any atom is 0.325 e. The molecule has 0 bridgehead atoms. The topological polar surface area (TPSA) is 151 Å². The van der Waals surface area contributed by atoms with Gasteiger partial charge in [0.2, 0.25) is 5.91 Å². The Balaban J connectivity index is 1.96. The smallest absolute Gasteiger partial charge is 0.325 e. The zero-order chi connectivity index (χ0) is 20.7. The van der Waals surface area contributed by atoms with E-state index >= 15 is 0 Å². The first-order valence-corrected chi connectivity index (χ1v) is 7.97. The molecule has 0 aliphatic carbocycles. The standard InChI is InChI=1S/C18H17N3O7/c1-27-15-5-3-2-4-13(15)18(24)20-9-16(22)28-10-12-7-6-11(17(19)23)8-14(12)21(25)26/h2-8H,9-10H2,1H3,(H2,19,23)(H,20,24).